The maximum Gasteiger partial charge on any atom is 0.137 e. The lowest BCUT2D eigenvalue weighted by Crippen LogP contribution is -2.00. The van der Waals surface area contributed by atoms with Crippen molar-refractivity contribution in [3.63, 3.8) is 0 Å². The summed E-state index contributed by atoms with van der Waals surface area (Å²) >= 11 is 3.13. The van der Waals surface area contributed by atoms with Crippen LogP contribution in [0.4, 0.5) is 4.39 Å². The van der Waals surface area contributed by atoms with Crippen molar-refractivity contribution in [1.29, 1.82) is 0 Å². The minimum atomic E-state index is -0.767. The Hall–Kier alpha value is -1.65. The van der Waals surface area contributed by atoms with Crippen molar-refractivity contribution in [2.24, 2.45) is 0 Å². The molecule has 1 unspecified atom stereocenters. The van der Waals surface area contributed by atoms with Gasteiger partial charge in [0.15, 0.2) is 0 Å². The molecule has 0 amide bonds. The van der Waals surface area contributed by atoms with Crippen LogP contribution >= 0.6 is 15.9 Å². The first-order chi connectivity index (χ1) is 9.15. The standard InChI is InChI=1S/C15H11BrFNO/c16-12-8-11(1-3-13(12)17)15(19)10-2-4-14-9(7-10)5-6-18-14/h1-8,15,18-19H. The van der Waals surface area contributed by atoms with Crippen LogP contribution in [-0.2, 0) is 0 Å². The summed E-state index contributed by atoms with van der Waals surface area (Å²) < 4.78 is 13.6. The van der Waals surface area contributed by atoms with Crippen molar-refractivity contribution in [3.05, 3.63) is 70.1 Å². The predicted molar refractivity (Wildman–Crippen MR) is 76.5 cm³/mol. The number of H-pyrrole nitrogens is 1. The van der Waals surface area contributed by atoms with Gasteiger partial charge in [0.1, 0.15) is 11.9 Å². The summed E-state index contributed by atoms with van der Waals surface area (Å²) in [4.78, 5) is 3.10. The van der Waals surface area contributed by atoms with Crippen LogP contribution in [0.25, 0.3) is 10.9 Å². The summed E-state index contributed by atoms with van der Waals surface area (Å²) in [6, 6.07) is 12.2. The fraction of sp³-hybridized carbons (Fsp3) is 0.0667. The largest absolute Gasteiger partial charge is 0.384 e. The summed E-state index contributed by atoms with van der Waals surface area (Å²) in [5.74, 6) is -0.336. The Morgan fingerprint density at radius 3 is 2.58 bits per heavy atom. The molecule has 4 heteroatoms. The summed E-state index contributed by atoms with van der Waals surface area (Å²) in [6.07, 6.45) is 1.09. The van der Waals surface area contributed by atoms with E-state index in [0.29, 0.717) is 10.0 Å². The Balaban J connectivity index is 2.01. The molecular weight excluding hydrogens is 309 g/mol. The van der Waals surface area contributed by atoms with Gasteiger partial charge < -0.3 is 10.1 Å². The Bertz CT molecular complexity index is 738. The van der Waals surface area contributed by atoms with Gasteiger partial charge in [-0.2, -0.15) is 0 Å². The Morgan fingerprint density at radius 2 is 1.79 bits per heavy atom. The number of aliphatic hydroxyl groups excluding tert-OH is 1. The molecule has 1 heterocycles. The van der Waals surface area contributed by atoms with E-state index in [1.54, 1.807) is 12.1 Å². The molecule has 0 aliphatic heterocycles. The molecule has 0 saturated carbocycles. The van der Waals surface area contributed by atoms with Crippen LogP contribution in [0.2, 0.25) is 0 Å². The molecule has 0 fully saturated rings. The molecule has 0 spiro atoms. The topological polar surface area (TPSA) is 36.0 Å². The molecule has 2 aromatic carbocycles. The first-order valence-electron chi connectivity index (χ1n) is 5.85. The van der Waals surface area contributed by atoms with Crippen LogP contribution in [0.1, 0.15) is 17.2 Å². The molecule has 0 radical (unpaired) electrons. The van der Waals surface area contributed by atoms with E-state index in [4.69, 9.17) is 0 Å². The molecule has 3 rings (SSSR count). The van der Waals surface area contributed by atoms with Crippen molar-refractivity contribution in [2.45, 2.75) is 6.10 Å². The van der Waals surface area contributed by atoms with Crippen LogP contribution < -0.4 is 0 Å². The number of aromatic nitrogens is 1. The van der Waals surface area contributed by atoms with Crippen LogP contribution in [0.15, 0.2) is 53.1 Å². The fourth-order valence-corrected chi connectivity index (χ4v) is 2.51. The number of aliphatic hydroxyl groups is 1. The lowest BCUT2D eigenvalue weighted by atomic mass is 10.0. The minimum Gasteiger partial charge on any atom is -0.384 e. The highest BCUT2D eigenvalue weighted by Crippen LogP contribution is 2.27. The number of rotatable bonds is 2. The number of hydrogen-bond acceptors (Lipinski definition) is 1. The second-order valence-corrected chi connectivity index (χ2v) is 5.25. The molecule has 0 aliphatic rings. The van der Waals surface area contributed by atoms with E-state index in [2.05, 4.69) is 20.9 Å². The molecule has 96 valence electrons. The third-order valence-corrected chi connectivity index (χ3v) is 3.76. The molecular formula is C15H11BrFNO. The Kier molecular flexibility index (Phi) is 3.12. The second kappa shape index (κ2) is 4.79. The van der Waals surface area contributed by atoms with E-state index in [-0.39, 0.29) is 5.82 Å². The number of aromatic amines is 1. The second-order valence-electron chi connectivity index (χ2n) is 4.40. The van der Waals surface area contributed by atoms with E-state index in [1.807, 2.05) is 30.5 Å². The third kappa shape index (κ3) is 2.29. The van der Waals surface area contributed by atoms with Gasteiger partial charge in [-0.3, -0.25) is 0 Å². The summed E-state index contributed by atoms with van der Waals surface area (Å²) in [5, 5.41) is 11.4. The zero-order chi connectivity index (χ0) is 13.4. The number of hydrogen-bond donors (Lipinski definition) is 2. The normalized spacial score (nSPS) is 12.8. The van der Waals surface area contributed by atoms with E-state index < -0.39 is 6.10 Å². The third-order valence-electron chi connectivity index (χ3n) is 3.15. The fourth-order valence-electron chi connectivity index (χ4n) is 2.12. The van der Waals surface area contributed by atoms with Gasteiger partial charge in [-0.25, -0.2) is 4.39 Å². The maximum absolute atomic E-state index is 13.2. The minimum absolute atomic E-state index is 0.336. The van der Waals surface area contributed by atoms with E-state index >= 15 is 0 Å². The van der Waals surface area contributed by atoms with E-state index in [0.717, 1.165) is 16.5 Å². The van der Waals surface area contributed by atoms with Gasteiger partial charge in [-0.15, -0.1) is 0 Å². The molecule has 19 heavy (non-hydrogen) atoms. The SMILES string of the molecule is OC(c1ccc(F)c(Br)c1)c1ccc2[nH]ccc2c1. The molecule has 0 bridgehead atoms. The zero-order valence-corrected chi connectivity index (χ0v) is 11.5. The van der Waals surface area contributed by atoms with E-state index in [9.17, 15) is 9.50 Å². The molecule has 0 aliphatic carbocycles. The van der Waals surface area contributed by atoms with Crippen molar-refractivity contribution < 1.29 is 9.50 Å². The number of nitrogens with one attached hydrogen (secondary N) is 1. The monoisotopic (exact) mass is 319 g/mol. The van der Waals surface area contributed by atoms with Gasteiger partial charge in [-0.05, 0) is 62.8 Å². The first-order valence-corrected chi connectivity index (χ1v) is 6.64. The van der Waals surface area contributed by atoms with Crippen LogP contribution in [-0.4, -0.2) is 10.1 Å². The summed E-state index contributed by atoms with van der Waals surface area (Å²) in [5.41, 5.74) is 2.46. The molecule has 1 aromatic heterocycles. The Morgan fingerprint density at radius 1 is 1.05 bits per heavy atom. The predicted octanol–water partition coefficient (Wildman–Crippen LogP) is 4.15. The quantitative estimate of drug-likeness (QED) is 0.731. The average Bonchev–Trinajstić information content (AvgIpc) is 2.88. The maximum atomic E-state index is 13.2. The van der Waals surface area contributed by atoms with Crippen LogP contribution in [0.3, 0.4) is 0 Å². The van der Waals surface area contributed by atoms with Crippen molar-refractivity contribution in [3.8, 4) is 0 Å². The molecule has 0 saturated heterocycles. The molecule has 2 N–H and O–H groups in total. The van der Waals surface area contributed by atoms with Gasteiger partial charge in [0.2, 0.25) is 0 Å². The average molecular weight is 320 g/mol. The number of fused-ring (bicyclic) bond motifs is 1. The highest BCUT2D eigenvalue weighted by Gasteiger charge is 2.12. The van der Waals surface area contributed by atoms with Crippen LogP contribution in [0.5, 0.6) is 0 Å². The van der Waals surface area contributed by atoms with Crippen molar-refractivity contribution in [2.75, 3.05) is 0 Å². The summed E-state index contributed by atoms with van der Waals surface area (Å²) in [6.45, 7) is 0. The van der Waals surface area contributed by atoms with Gasteiger partial charge in [0, 0.05) is 11.7 Å². The number of halogens is 2. The first kappa shape index (κ1) is 12.4. The lowest BCUT2D eigenvalue weighted by molar-refractivity contribution is 0.220. The number of benzene rings is 2. The van der Waals surface area contributed by atoms with Crippen molar-refractivity contribution in [1.82, 2.24) is 4.98 Å². The lowest BCUT2D eigenvalue weighted by Gasteiger charge is -2.12. The highest BCUT2D eigenvalue weighted by atomic mass is 79.9. The Labute approximate surface area is 118 Å². The zero-order valence-electron chi connectivity index (χ0n) is 9.90. The van der Waals surface area contributed by atoms with Gasteiger partial charge in [0.25, 0.3) is 0 Å². The molecule has 2 nitrogen and oxygen atoms in total. The smallest absolute Gasteiger partial charge is 0.137 e. The van der Waals surface area contributed by atoms with Gasteiger partial charge in [0.05, 0.1) is 4.47 Å². The molecule has 1 atom stereocenters. The van der Waals surface area contributed by atoms with Gasteiger partial charge in [-0.1, -0.05) is 12.1 Å². The van der Waals surface area contributed by atoms with Crippen molar-refractivity contribution >= 4 is 26.8 Å². The van der Waals surface area contributed by atoms with Crippen LogP contribution in [0, 0.1) is 5.82 Å². The molecule has 3 aromatic rings. The van der Waals surface area contributed by atoms with Gasteiger partial charge >= 0.3 is 0 Å². The highest BCUT2D eigenvalue weighted by molar-refractivity contribution is 9.10. The van der Waals surface area contributed by atoms with E-state index in [1.165, 1.54) is 6.07 Å². The summed E-state index contributed by atoms with van der Waals surface area (Å²) in [7, 11) is 0.